The van der Waals surface area contributed by atoms with Crippen LogP contribution in [0, 0.1) is 0 Å². The molecule has 0 radical (unpaired) electrons. The first-order valence-corrected chi connectivity index (χ1v) is 8.55. The summed E-state index contributed by atoms with van der Waals surface area (Å²) < 4.78 is 0. The zero-order valence-corrected chi connectivity index (χ0v) is 14.3. The zero-order chi connectivity index (χ0) is 15.4. The number of ketones is 1. The first kappa shape index (κ1) is 16.8. The van der Waals surface area contributed by atoms with Crippen molar-refractivity contribution in [3.8, 4) is 0 Å². The molecule has 2 rings (SSSR count). The van der Waals surface area contributed by atoms with Crippen molar-refractivity contribution in [2.75, 3.05) is 6.54 Å². The third-order valence-corrected chi connectivity index (χ3v) is 5.03. The van der Waals surface area contributed by atoms with E-state index < -0.39 is 0 Å². The molecule has 4 heteroatoms. The molecule has 1 aliphatic rings. The highest BCUT2D eigenvalue weighted by atomic mass is 35.5. The summed E-state index contributed by atoms with van der Waals surface area (Å²) in [5.74, 6) is 0.0871. The number of benzene rings is 1. The molecular formula is C17H23Cl2NO. The molecule has 1 unspecified atom stereocenters. The van der Waals surface area contributed by atoms with Gasteiger partial charge in [-0.05, 0) is 44.5 Å². The van der Waals surface area contributed by atoms with Gasteiger partial charge in [-0.25, -0.2) is 0 Å². The highest BCUT2D eigenvalue weighted by Gasteiger charge is 2.29. The van der Waals surface area contributed by atoms with Crippen molar-refractivity contribution in [2.24, 2.45) is 0 Å². The van der Waals surface area contributed by atoms with E-state index in [1.165, 1.54) is 32.1 Å². The number of hydrogen-bond acceptors (Lipinski definition) is 2. The number of nitrogens with zero attached hydrogens (tertiary/aromatic N) is 1. The lowest BCUT2D eigenvalue weighted by molar-refractivity contribution is 0.0718. The van der Waals surface area contributed by atoms with Crippen LogP contribution in [0.25, 0.3) is 0 Å². The van der Waals surface area contributed by atoms with Gasteiger partial charge in [-0.15, -0.1) is 0 Å². The van der Waals surface area contributed by atoms with Crippen LogP contribution in [0.3, 0.4) is 0 Å². The van der Waals surface area contributed by atoms with Gasteiger partial charge >= 0.3 is 0 Å². The summed E-state index contributed by atoms with van der Waals surface area (Å²) in [6.07, 6.45) is 6.24. The highest BCUT2D eigenvalue weighted by Crippen LogP contribution is 2.27. The van der Waals surface area contributed by atoms with Gasteiger partial charge in [0.1, 0.15) is 0 Å². The monoisotopic (exact) mass is 327 g/mol. The van der Waals surface area contributed by atoms with Crippen molar-refractivity contribution < 1.29 is 4.79 Å². The normalized spacial score (nSPS) is 18.0. The Hall–Kier alpha value is -0.570. The Labute approximate surface area is 137 Å². The molecule has 2 nitrogen and oxygen atoms in total. The standard InChI is InChI=1S/C17H23Cl2NO/c1-3-20(14-7-5-4-6-8-14)12(2)17(21)15-10-9-13(18)11-16(15)19/h9-12,14H,3-8H2,1-2H3. The molecule has 1 fully saturated rings. The minimum atomic E-state index is -0.142. The lowest BCUT2D eigenvalue weighted by Gasteiger charge is -2.37. The van der Waals surface area contributed by atoms with Gasteiger partial charge in [0.15, 0.2) is 5.78 Å². The Morgan fingerprint density at radius 1 is 1.29 bits per heavy atom. The fourth-order valence-electron chi connectivity index (χ4n) is 3.33. The number of carbonyl (C=O) groups is 1. The van der Waals surface area contributed by atoms with Gasteiger partial charge in [0.05, 0.1) is 11.1 Å². The van der Waals surface area contributed by atoms with Gasteiger partial charge in [-0.3, -0.25) is 9.69 Å². The van der Waals surface area contributed by atoms with E-state index >= 15 is 0 Å². The van der Waals surface area contributed by atoms with Crippen molar-refractivity contribution in [3.05, 3.63) is 33.8 Å². The summed E-state index contributed by atoms with van der Waals surface area (Å²) in [7, 11) is 0. The zero-order valence-electron chi connectivity index (χ0n) is 12.7. The second-order valence-electron chi connectivity index (χ2n) is 5.79. The highest BCUT2D eigenvalue weighted by molar-refractivity contribution is 6.37. The lowest BCUT2D eigenvalue weighted by Crippen LogP contribution is -2.46. The summed E-state index contributed by atoms with van der Waals surface area (Å²) in [6.45, 7) is 5.01. The van der Waals surface area contributed by atoms with E-state index in [0.29, 0.717) is 21.7 Å². The molecule has 0 saturated heterocycles. The summed E-state index contributed by atoms with van der Waals surface area (Å²) in [4.78, 5) is 15.1. The SMILES string of the molecule is CCN(C1CCCCC1)C(C)C(=O)c1ccc(Cl)cc1Cl. The second-order valence-corrected chi connectivity index (χ2v) is 6.63. The Morgan fingerprint density at radius 2 is 1.95 bits per heavy atom. The fraction of sp³-hybridized carbons (Fsp3) is 0.588. The lowest BCUT2D eigenvalue weighted by atomic mass is 9.92. The predicted octanol–water partition coefficient (Wildman–Crippen LogP) is 5.22. The maximum atomic E-state index is 12.8. The molecule has 116 valence electrons. The van der Waals surface area contributed by atoms with Crippen LogP contribution in [-0.4, -0.2) is 29.3 Å². The molecule has 1 aromatic carbocycles. The van der Waals surface area contributed by atoms with E-state index in [0.717, 1.165) is 6.54 Å². The smallest absolute Gasteiger partial charge is 0.181 e. The van der Waals surface area contributed by atoms with Crippen LogP contribution in [-0.2, 0) is 0 Å². The first-order valence-electron chi connectivity index (χ1n) is 7.79. The summed E-state index contributed by atoms with van der Waals surface area (Å²) in [5, 5.41) is 1.00. The van der Waals surface area contributed by atoms with Crippen molar-refractivity contribution in [2.45, 2.75) is 58.0 Å². The third-order valence-electron chi connectivity index (χ3n) is 4.48. The Bertz CT molecular complexity index is 498. The van der Waals surface area contributed by atoms with E-state index in [2.05, 4.69) is 11.8 Å². The van der Waals surface area contributed by atoms with Crippen molar-refractivity contribution in [1.29, 1.82) is 0 Å². The predicted molar refractivity (Wildman–Crippen MR) is 89.5 cm³/mol. The van der Waals surface area contributed by atoms with Gasteiger partial charge in [0, 0.05) is 16.6 Å². The quantitative estimate of drug-likeness (QED) is 0.691. The summed E-state index contributed by atoms with van der Waals surface area (Å²) in [5.41, 5.74) is 0.572. The van der Waals surface area contributed by atoms with Crippen molar-refractivity contribution in [3.63, 3.8) is 0 Å². The average molecular weight is 328 g/mol. The Balaban J connectivity index is 2.15. The van der Waals surface area contributed by atoms with Crippen LogP contribution in [0.2, 0.25) is 10.0 Å². The van der Waals surface area contributed by atoms with Crippen LogP contribution in [0.4, 0.5) is 0 Å². The van der Waals surface area contributed by atoms with Crippen molar-refractivity contribution >= 4 is 29.0 Å². The number of halogens is 2. The van der Waals surface area contributed by atoms with Crippen LogP contribution < -0.4 is 0 Å². The Kier molecular flexibility index (Phi) is 6.09. The second kappa shape index (κ2) is 7.62. The number of Topliss-reactive ketones (excluding diaryl/α,β-unsaturated/α-hetero) is 1. The van der Waals surface area contributed by atoms with Crippen LogP contribution >= 0.6 is 23.2 Å². The minimum absolute atomic E-state index is 0.0871. The van der Waals surface area contributed by atoms with Crippen molar-refractivity contribution in [1.82, 2.24) is 4.90 Å². The molecule has 0 spiro atoms. The third kappa shape index (κ3) is 4.00. The molecule has 0 aromatic heterocycles. The molecule has 1 aromatic rings. The molecule has 0 N–H and O–H groups in total. The molecule has 1 saturated carbocycles. The van der Waals surface area contributed by atoms with Gasteiger partial charge in [-0.2, -0.15) is 0 Å². The average Bonchev–Trinajstić information content (AvgIpc) is 2.48. The molecule has 0 heterocycles. The van der Waals surface area contributed by atoms with E-state index in [9.17, 15) is 4.79 Å². The van der Waals surface area contributed by atoms with Gasteiger partial charge in [-0.1, -0.05) is 49.4 Å². The largest absolute Gasteiger partial charge is 0.292 e. The molecule has 1 aliphatic carbocycles. The van der Waals surface area contributed by atoms with Crippen LogP contribution in [0.1, 0.15) is 56.3 Å². The first-order chi connectivity index (χ1) is 10.0. The summed E-state index contributed by atoms with van der Waals surface area (Å²) in [6, 6.07) is 5.48. The maximum absolute atomic E-state index is 12.8. The van der Waals surface area contributed by atoms with Gasteiger partial charge < -0.3 is 0 Å². The van der Waals surface area contributed by atoms with Crippen LogP contribution in [0.15, 0.2) is 18.2 Å². The molecular weight excluding hydrogens is 305 g/mol. The number of hydrogen-bond donors (Lipinski definition) is 0. The minimum Gasteiger partial charge on any atom is -0.292 e. The van der Waals surface area contributed by atoms with Gasteiger partial charge in [0.2, 0.25) is 0 Å². The number of carbonyl (C=O) groups excluding carboxylic acids is 1. The van der Waals surface area contributed by atoms with E-state index in [1.54, 1.807) is 18.2 Å². The van der Waals surface area contributed by atoms with E-state index in [4.69, 9.17) is 23.2 Å². The molecule has 0 aliphatic heterocycles. The molecule has 0 amide bonds. The molecule has 21 heavy (non-hydrogen) atoms. The molecule has 0 bridgehead atoms. The fourth-order valence-corrected chi connectivity index (χ4v) is 3.83. The number of likely N-dealkylation sites (N-methyl/N-ethyl adjacent to an activating group) is 1. The van der Waals surface area contributed by atoms with Crippen LogP contribution in [0.5, 0.6) is 0 Å². The summed E-state index contributed by atoms with van der Waals surface area (Å²) >= 11 is 12.1. The van der Waals surface area contributed by atoms with Gasteiger partial charge in [0.25, 0.3) is 0 Å². The van der Waals surface area contributed by atoms with E-state index in [1.807, 2.05) is 6.92 Å². The maximum Gasteiger partial charge on any atom is 0.181 e. The Morgan fingerprint density at radius 3 is 2.52 bits per heavy atom. The topological polar surface area (TPSA) is 20.3 Å². The number of rotatable bonds is 5. The molecule has 1 atom stereocenters. The van der Waals surface area contributed by atoms with E-state index in [-0.39, 0.29) is 11.8 Å².